The molecule has 0 amide bonds. The number of hydrogen-bond acceptors (Lipinski definition) is 1. The SMILES string of the molecule is C/C(=C\C(C)O)c1ccc(CC(C)C)cc1. The highest BCUT2D eigenvalue weighted by atomic mass is 16.3. The van der Waals surface area contributed by atoms with Gasteiger partial charge in [-0.05, 0) is 42.9 Å². The molecule has 0 saturated carbocycles. The number of rotatable bonds is 4. The average Bonchev–Trinajstić information content (AvgIpc) is 2.16. The first-order valence-corrected chi connectivity index (χ1v) is 5.95. The Morgan fingerprint density at radius 1 is 1.19 bits per heavy atom. The van der Waals surface area contributed by atoms with Crippen LogP contribution >= 0.6 is 0 Å². The summed E-state index contributed by atoms with van der Waals surface area (Å²) in [6, 6.07) is 8.61. The lowest BCUT2D eigenvalue weighted by atomic mass is 9.99. The molecule has 1 rings (SSSR count). The Hall–Kier alpha value is -1.08. The van der Waals surface area contributed by atoms with Crippen LogP contribution in [0.4, 0.5) is 0 Å². The van der Waals surface area contributed by atoms with E-state index in [1.807, 2.05) is 13.0 Å². The average molecular weight is 218 g/mol. The van der Waals surface area contributed by atoms with Crippen LogP contribution in [0, 0.1) is 5.92 Å². The maximum Gasteiger partial charge on any atom is 0.0698 e. The van der Waals surface area contributed by atoms with Crippen molar-refractivity contribution >= 4 is 5.57 Å². The summed E-state index contributed by atoms with van der Waals surface area (Å²) >= 11 is 0. The van der Waals surface area contributed by atoms with Gasteiger partial charge in [-0.25, -0.2) is 0 Å². The van der Waals surface area contributed by atoms with Crippen molar-refractivity contribution < 1.29 is 5.11 Å². The zero-order valence-corrected chi connectivity index (χ0v) is 10.7. The van der Waals surface area contributed by atoms with E-state index in [1.165, 1.54) is 11.1 Å². The van der Waals surface area contributed by atoms with Gasteiger partial charge in [0.1, 0.15) is 0 Å². The molecule has 16 heavy (non-hydrogen) atoms. The van der Waals surface area contributed by atoms with Crippen LogP contribution in [0.25, 0.3) is 5.57 Å². The number of allylic oxidation sites excluding steroid dienone is 1. The molecule has 1 heteroatoms. The highest BCUT2D eigenvalue weighted by Gasteiger charge is 2.00. The van der Waals surface area contributed by atoms with Crippen LogP contribution in [-0.2, 0) is 6.42 Å². The molecular weight excluding hydrogens is 196 g/mol. The summed E-state index contributed by atoms with van der Waals surface area (Å²) in [5.74, 6) is 0.694. The molecule has 88 valence electrons. The first-order chi connectivity index (χ1) is 7.49. The van der Waals surface area contributed by atoms with E-state index in [1.54, 1.807) is 6.92 Å². The van der Waals surface area contributed by atoms with E-state index >= 15 is 0 Å². The second-order valence-corrected chi connectivity index (χ2v) is 4.89. The van der Waals surface area contributed by atoms with Crippen LogP contribution in [0.5, 0.6) is 0 Å². The third-order valence-electron chi connectivity index (χ3n) is 2.54. The van der Waals surface area contributed by atoms with Crippen molar-refractivity contribution in [1.29, 1.82) is 0 Å². The van der Waals surface area contributed by atoms with Crippen LogP contribution in [0.3, 0.4) is 0 Å². The maximum absolute atomic E-state index is 9.28. The molecule has 1 unspecified atom stereocenters. The molecule has 0 spiro atoms. The van der Waals surface area contributed by atoms with Gasteiger partial charge in [-0.15, -0.1) is 0 Å². The second-order valence-electron chi connectivity index (χ2n) is 4.89. The molecule has 1 nitrogen and oxygen atoms in total. The molecule has 1 aromatic carbocycles. The first-order valence-electron chi connectivity index (χ1n) is 5.95. The summed E-state index contributed by atoms with van der Waals surface area (Å²) in [6.45, 7) is 8.26. The highest BCUT2D eigenvalue weighted by Crippen LogP contribution is 2.16. The van der Waals surface area contributed by atoms with Gasteiger partial charge >= 0.3 is 0 Å². The summed E-state index contributed by atoms with van der Waals surface area (Å²) in [7, 11) is 0. The molecule has 0 bridgehead atoms. The maximum atomic E-state index is 9.28. The third-order valence-corrected chi connectivity index (χ3v) is 2.54. The fourth-order valence-corrected chi connectivity index (χ4v) is 1.83. The van der Waals surface area contributed by atoms with Crippen molar-refractivity contribution in [2.75, 3.05) is 0 Å². The Bertz CT molecular complexity index is 344. The Kier molecular flexibility index (Phi) is 4.75. The van der Waals surface area contributed by atoms with Crippen LogP contribution in [-0.4, -0.2) is 11.2 Å². The molecule has 1 aromatic rings. The number of hydrogen-bond donors (Lipinski definition) is 1. The van der Waals surface area contributed by atoms with Gasteiger partial charge in [0.25, 0.3) is 0 Å². The monoisotopic (exact) mass is 218 g/mol. The molecule has 0 aromatic heterocycles. The summed E-state index contributed by atoms with van der Waals surface area (Å²) in [5.41, 5.74) is 3.70. The van der Waals surface area contributed by atoms with Crippen LogP contribution < -0.4 is 0 Å². The highest BCUT2D eigenvalue weighted by molar-refractivity contribution is 5.64. The van der Waals surface area contributed by atoms with Crippen molar-refractivity contribution in [3.63, 3.8) is 0 Å². The first kappa shape index (κ1) is 13.0. The summed E-state index contributed by atoms with van der Waals surface area (Å²) < 4.78 is 0. The van der Waals surface area contributed by atoms with Crippen LogP contribution in [0.2, 0.25) is 0 Å². The molecule has 0 aliphatic carbocycles. The fourth-order valence-electron chi connectivity index (χ4n) is 1.83. The molecule has 1 atom stereocenters. The third kappa shape index (κ3) is 4.19. The van der Waals surface area contributed by atoms with Gasteiger partial charge in [0, 0.05) is 0 Å². The van der Waals surface area contributed by atoms with Gasteiger partial charge in [-0.2, -0.15) is 0 Å². The van der Waals surface area contributed by atoms with Gasteiger partial charge in [-0.1, -0.05) is 44.2 Å². The van der Waals surface area contributed by atoms with Crippen molar-refractivity contribution in [1.82, 2.24) is 0 Å². The Morgan fingerprint density at radius 2 is 1.75 bits per heavy atom. The van der Waals surface area contributed by atoms with Crippen LogP contribution in [0.1, 0.15) is 38.8 Å². The minimum absolute atomic E-state index is 0.379. The number of aliphatic hydroxyl groups excluding tert-OH is 1. The van der Waals surface area contributed by atoms with Gasteiger partial charge in [0.2, 0.25) is 0 Å². The lowest BCUT2D eigenvalue weighted by Crippen LogP contribution is -1.96. The molecule has 0 radical (unpaired) electrons. The summed E-state index contributed by atoms with van der Waals surface area (Å²) in [4.78, 5) is 0. The van der Waals surface area contributed by atoms with E-state index < -0.39 is 0 Å². The fraction of sp³-hybridized carbons (Fsp3) is 0.467. The normalized spacial score (nSPS) is 14.2. The van der Waals surface area contributed by atoms with Crippen molar-refractivity contribution in [2.24, 2.45) is 5.92 Å². The summed E-state index contributed by atoms with van der Waals surface area (Å²) in [6.07, 6.45) is 2.62. The molecule has 0 fully saturated rings. The predicted octanol–water partition coefficient (Wildman–Crippen LogP) is 3.67. The molecule has 0 aliphatic heterocycles. The van der Waals surface area contributed by atoms with Crippen molar-refractivity contribution in [3.05, 3.63) is 41.5 Å². The minimum atomic E-state index is -0.379. The van der Waals surface area contributed by atoms with Gasteiger partial charge < -0.3 is 5.11 Å². The lowest BCUT2D eigenvalue weighted by Gasteiger charge is -2.07. The molecule has 0 aliphatic rings. The van der Waals surface area contributed by atoms with Crippen LogP contribution in [0.15, 0.2) is 30.3 Å². The zero-order valence-electron chi connectivity index (χ0n) is 10.7. The van der Waals surface area contributed by atoms with E-state index in [0.717, 1.165) is 12.0 Å². The van der Waals surface area contributed by atoms with E-state index in [0.29, 0.717) is 5.92 Å². The Labute approximate surface area is 98.8 Å². The van der Waals surface area contributed by atoms with Crippen molar-refractivity contribution in [2.45, 2.75) is 40.2 Å². The quantitative estimate of drug-likeness (QED) is 0.817. The lowest BCUT2D eigenvalue weighted by molar-refractivity contribution is 0.244. The zero-order chi connectivity index (χ0) is 12.1. The van der Waals surface area contributed by atoms with E-state index in [4.69, 9.17) is 0 Å². The molecule has 1 N–H and O–H groups in total. The molecular formula is C15H22O. The van der Waals surface area contributed by atoms with Crippen molar-refractivity contribution in [3.8, 4) is 0 Å². The van der Waals surface area contributed by atoms with E-state index in [9.17, 15) is 5.11 Å². The Balaban J connectivity index is 2.78. The van der Waals surface area contributed by atoms with Gasteiger partial charge in [0.05, 0.1) is 6.10 Å². The molecule has 0 heterocycles. The predicted molar refractivity (Wildman–Crippen MR) is 70.3 cm³/mol. The second kappa shape index (κ2) is 5.86. The van der Waals surface area contributed by atoms with E-state index in [2.05, 4.69) is 38.1 Å². The van der Waals surface area contributed by atoms with Gasteiger partial charge in [-0.3, -0.25) is 0 Å². The standard InChI is InChI=1S/C15H22O/c1-11(2)9-14-5-7-15(8-6-14)12(3)10-13(4)16/h5-8,10-11,13,16H,9H2,1-4H3/b12-10+. The Morgan fingerprint density at radius 3 is 2.19 bits per heavy atom. The van der Waals surface area contributed by atoms with E-state index in [-0.39, 0.29) is 6.10 Å². The topological polar surface area (TPSA) is 20.2 Å². The largest absolute Gasteiger partial charge is 0.389 e. The smallest absolute Gasteiger partial charge is 0.0698 e. The number of aliphatic hydroxyl groups is 1. The number of benzene rings is 1. The minimum Gasteiger partial charge on any atom is -0.389 e. The summed E-state index contributed by atoms with van der Waals surface area (Å²) in [5, 5.41) is 9.28. The van der Waals surface area contributed by atoms with Gasteiger partial charge in [0.15, 0.2) is 0 Å². The molecule has 0 saturated heterocycles.